The van der Waals surface area contributed by atoms with Crippen LogP contribution < -0.4 is 5.73 Å². The van der Waals surface area contributed by atoms with Gasteiger partial charge in [0.1, 0.15) is 0 Å². The highest BCUT2D eigenvalue weighted by Crippen LogP contribution is 1.59. The third kappa shape index (κ3) is 9.27. The van der Waals surface area contributed by atoms with Crippen LogP contribution >= 0.6 is 12.4 Å². The monoisotopic (exact) mass is 106 g/mol. The summed E-state index contributed by atoms with van der Waals surface area (Å²) >= 11 is 0. The van der Waals surface area contributed by atoms with Crippen molar-refractivity contribution in [3.63, 3.8) is 0 Å². The van der Waals surface area contributed by atoms with Crippen LogP contribution in [0.4, 0.5) is 0 Å². The summed E-state index contributed by atoms with van der Waals surface area (Å²) in [5.74, 6) is 0. The van der Waals surface area contributed by atoms with Gasteiger partial charge in [-0.3, -0.25) is 0 Å². The number of nitrogens with two attached hydrogens (primary N) is 1. The average molecular weight is 107 g/mol. The molecule has 0 aromatic carbocycles. The fourth-order valence-electron chi connectivity index (χ4n) is 0.0645. The molecule has 0 aromatic heterocycles. The number of rotatable bonds is 1. The smallest absolute Gasteiger partial charge is 0.0635 e. The van der Waals surface area contributed by atoms with E-state index >= 15 is 0 Å². The molecule has 0 saturated carbocycles. The normalized spacial score (nSPS) is 5.33. The molecule has 0 fully saturated rings. The predicted molar refractivity (Wildman–Crippen MR) is 26.5 cm³/mol. The molecule has 0 rings (SSSR count). The number of hydrogen-bond acceptors (Lipinski definition) is 2. The minimum atomic E-state index is 0. The van der Waals surface area contributed by atoms with Gasteiger partial charge in [0.25, 0.3) is 0 Å². The molecule has 0 aliphatic rings. The first-order valence-electron chi connectivity index (χ1n) is 1.49. The number of halogens is 1. The van der Waals surface area contributed by atoms with E-state index in [0.717, 1.165) is 0 Å². The first-order valence-corrected chi connectivity index (χ1v) is 1.49. The van der Waals surface area contributed by atoms with Crippen LogP contribution in [-0.4, -0.2) is 6.54 Å². The van der Waals surface area contributed by atoms with E-state index in [4.69, 9.17) is 11.0 Å². The second-order valence-electron chi connectivity index (χ2n) is 0.697. The van der Waals surface area contributed by atoms with E-state index in [0.29, 0.717) is 13.0 Å². The highest BCUT2D eigenvalue weighted by molar-refractivity contribution is 5.85. The first kappa shape index (κ1) is 9.22. The third-order valence-electron chi connectivity index (χ3n) is 0.256. The molecule has 0 saturated heterocycles. The van der Waals surface area contributed by atoms with Gasteiger partial charge in [0.15, 0.2) is 0 Å². The van der Waals surface area contributed by atoms with Crippen LogP contribution in [0.3, 0.4) is 0 Å². The molecular weight excluding hydrogens is 99.5 g/mol. The number of nitriles is 1. The van der Waals surface area contributed by atoms with E-state index in [-0.39, 0.29) is 12.4 Å². The average Bonchev–Trinajstić information content (AvgIpc) is 1.41. The lowest BCUT2D eigenvalue weighted by atomic mass is 10.5. The summed E-state index contributed by atoms with van der Waals surface area (Å²) in [6, 6.07) is 1.89. The molecule has 0 radical (unpaired) electrons. The van der Waals surface area contributed by atoms with Gasteiger partial charge < -0.3 is 5.73 Å². The van der Waals surface area contributed by atoms with Crippen molar-refractivity contribution < 1.29 is 0 Å². The van der Waals surface area contributed by atoms with Crippen LogP contribution in [0.5, 0.6) is 0 Å². The fraction of sp³-hybridized carbons (Fsp3) is 0.667. The standard InChI is InChI=1S/C3H6N2.ClH/c4-2-1-3-5;/h1-2,4H2;1H. The first-order chi connectivity index (χ1) is 2.41. The summed E-state index contributed by atoms with van der Waals surface area (Å²) in [5, 5.41) is 7.74. The van der Waals surface area contributed by atoms with Gasteiger partial charge in [-0.05, 0) is 0 Å². The van der Waals surface area contributed by atoms with Crippen molar-refractivity contribution in [1.82, 2.24) is 0 Å². The van der Waals surface area contributed by atoms with Gasteiger partial charge in [-0.25, -0.2) is 0 Å². The lowest BCUT2D eigenvalue weighted by molar-refractivity contribution is 1.02. The van der Waals surface area contributed by atoms with Crippen LogP contribution in [0.15, 0.2) is 0 Å². The molecule has 36 valence electrons. The van der Waals surface area contributed by atoms with Crippen molar-refractivity contribution in [2.45, 2.75) is 6.42 Å². The molecule has 6 heavy (non-hydrogen) atoms. The SMILES string of the molecule is Cl.N#CCCN. The third-order valence-corrected chi connectivity index (χ3v) is 0.256. The highest BCUT2D eigenvalue weighted by Gasteiger charge is 1.65. The van der Waals surface area contributed by atoms with Crippen LogP contribution in [-0.2, 0) is 0 Å². The zero-order chi connectivity index (χ0) is 4.12. The van der Waals surface area contributed by atoms with Gasteiger partial charge in [0, 0.05) is 13.0 Å². The van der Waals surface area contributed by atoms with Gasteiger partial charge in [-0.15, -0.1) is 12.4 Å². The fourth-order valence-corrected chi connectivity index (χ4v) is 0.0645. The van der Waals surface area contributed by atoms with E-state index in [9.17, 15) is 0 Å². The summed E-state index contributed by atoms with van der Waals surface area (Å²) in [6.45, 7) is 0.483. The van der Waals surface area contributed by atoms with Crippen molar-refractivity contribution in [3.8, 4) is 6.07 Å². The Bertz CT molecular complexity index is 47.2. The summed E-state index contributed by atoms with van der Waals surface area (Å²) in [5.41, 5.74) is 4.92. The minimum Gasteiger partial charge on any atom is -0.329 e. The van der Waals surface area contributed by atoms with Gasteiger partial charge in [-0.2, -0.15) is 5.26 Å². The van der Waals surface area contributed by atoms with Gasteiger partial charge in [0.2, 0.25) is 0 Å². The van der Waals surface area contributed by atoms with E-state index in [2.05, 4.69) is 0 Å². The summed E-state index contributed by atoms with van der Waals surface area (Å²) in [7, 11) is 0. The highest BCUT2D eigenvalue weighted by atomic mass is 35.5. The maximum atomic E-state index is 7.74. The second kappa shape index (κ2) is 8.83. The van der Waals surface area contributed by atoms with E-state index in [1.165, 1.54) is 0 Å². The Morgan fingerprint density at radius 3 is 2.17 bits per heavy atom. The molecule has 0 spiro atoms. The largest absolute Gasteiger partial charge is 0.329 e. The summed E-state index contributed by atoms with van der Waals surface area (Å²) < 4.78 is 0. The predicted octanol–water partition coefficient (Wildman–Crippen LogP) is 0.281. The zero-order valence-corrected chi connectivity index (χ0v) is 4.16. The quantitative estimate of drug-likeness (QED) is 0.522. The Kier molecular flexibility index (Phi) is 13.6. The van der Waals surface area contributed by atoms with Crippen LogP contribution in [0, 0.1) is 11.3 Å². The van der Waals surface area contributed by atoms with Crippen molar-refractivity contribution >= 4 is 12.4 Å². The molecule has 0 aliphatic carbocycles. The van der Waals surface area contributed by atoms with Crippen LogP contribution in [0.1, 0.15) is 6.42 Å². The van der Waals surface area contributed by atoms with Gasteiger partial charge >= 0.3 is 0 Å². The molecule has 0 atom stereocenters. The van der Waals surface area contributed by atoms with Gasteiger partial charge in [0.05, 0.1) is 6.07 Å². The molecular formula is C3H7ClN2. The van der Waals surface area contributed by atoms with Crippen molar-refractivity contribution in [2.75, 3.05) is 6.54 Å². The zero-order valence-electron chi connectivity index (χ0n) is 3.35. The molecule has 2 N–H and O–H groups in total. The Labute approximate surface area is 43.4 Å². The van der Waals surface area contributed by atoms with E-state index < -0.39 is 0 Å². The molecule has 0 aromatic rings. The van der Waals surface area contributed by atoms with E-state index in [1.807, 2.05) is 6.07 Å². The molecule has 0 unspecified atom stereocenters. The Morgan fingerprint density at radius 2 is 2.17 bits per heavy atom. The lowest BCUT2D eigenvalue weighted by Crippen LogP contribution is -1.94. The molecule has 0 amide bonds. The van der Waals surface area contributed by atoms with Crippen molar-refractivity contribution in [1.29, 1.82) is 5.26 Å². The topological polar surface area (TPSA) is 49.8 Å². The Balaban J connectivity index is 0. The van der Waals surface area contributed by atoms with Crippen molar-refractivity contribution in [3.05, 3.63) is 0 Å². The summed E-state index contributed by atoms with van der Waals surface area (Å²) in [6.07, 6.45) is 0.472. The maximum absolute atomic E-state index is 7.74. The maximum Gasteiger partial charge on any atom is 0.0635 e. The van der Waals surface area contributed by atoms with E-state index in [1.54, 1.807) is 0 Å². The molecule has 0 heterocycles. The minimum absolute atomic E-state index is 0. The van der Waals surface area contributed by atoms with Crippen molar-refractivity contribution in [2.24, 2.45) is 5.73 Å². The number of hydrogen-bond donors (Lipinski definition) is 1. The lowest BCUT2D eigenvalue weighted by Gasteiger charge is -1.68. The Morgan fingerprint density at radius 1 is 1.67 bits per heavy atom. The second-order valence-corrected chi connectivity index (χ2v) is 0.697. The molecule has 0 aliphatic heterocycles. The van der Waals surface area contributed by atoms with Crippen LogP contribution in [0.25, 0.3) is 0 Å². The Hall–Kier alpha value is -0.260. The molecule has 0 bridgehead atoms. The molecule has 3 heteroatoms. The molecule has 2 nitrogen and oxygen atoms in total. The number of nitrogens with zero attached hydrogens (tertiary/aromatic N) is 1. The van der Waals surface area contributed by atoms with Gasteiger partial charge in [-0.1, -0.05) is 0 Å². The summed E-state index contributed by atoms with van der Waals surface area (Å²) in [4.78, 5) is 0. The van der Waals surface area contributed by atoms with Crippen LogP contribution in [0.2, 0.25) is 0 Å².